The Morgan fingerprint density at radius 2 is 1.55 bits per heavy atom. The summed E-state index contributed by atoms with van der Waals surface area (Å²) in [4.78, 5) is 25.1. The first-order valence-electron chi connectivity index (χ1n) is 8.99. The third-order valence-corrected chi connectivity index (χ3v) is 5.64. The van der Waals surface area contributed by atoms with E-state index in [4.69, 9.17) is 0 Å². The standard InChI is InChI=1S/C17H29N3O2/c21-15(19-13-5-1-2-6-13)11-17(9-10-18-12-17)16(22)20-14-7-3-4-8-14/h13-14,18H,1-12H2,(H,19,21)(H,20,22). The van der Waals surface area contributed by atoms with Crippen LogP contribution in [0.4, 0.5) is 0 Å². The maximum Gasteiger partial charge on any atom is 0.228 e. The van der Waals surface area contributed by atoms with Crippen molar-refractivity contribution in [2.45, 2.75) is 76.3 Å². The topological polar surface area (TPSA) is 70.2 Å². The van der Waals surface area contributed by atoms with Crippen LogP contribution in [-0.2, 0) is 9.59 Å². The average Bonchev–Trinajstić information content (AvgIpc) is 3.20. The third-order valence-electron chi connectivity index (χ3n) is 5.64. The van der Waals surface area contributed by atoms with Crippen molar-refractivity contribution in [2.24, 2.45) is 5.41 Å². The first-order chi connectivity index (χ1) is 10.7. The Morgan fingerprint density at radius 1 is 0.955 bits per heavy atom. The van der Waals surface area contributed by atoms with E-state index in [1.54, 1.807) is 0 Å². The van der Waals surface area contributed by atoms with Gasteiger partial charge >= 0.3 is 0 Å². The highest BCUT2D eigenvalue weighted by atomic mass is 16.2. The molecule has 1 atom stereocenters. The molecular formula is C17H29N3O2. The number of amides is 2. The van der Waals surface area contributed by atoms with Crippen LogP contribution >= 0.6 is 0 Å². The highest BCUT2D eigenvalue weighted by Gasteiger charge is 2.44. The lowest BCUT2D eigenvalue weighted by Gasteiger charge is -2.28. The lowest BCUT2D eigenvalue weighted by molar-refractivity contribution is -0.136. The molecule has 0 aromatic carbocycles. The summed E-state index contributed by atoms with van der Waals surface area (Å²) in [6.07, 6.45) is 10.3. The number of rotatable bonds is 5. The molecule has 1 unspecified atom stereocenters. The van der Waals surface area contributed by atoms with Crippen molar-refractivity contribution in [1.29, 1.82) is 0 Å². The van der Waals surface area contributed by atoms with Crippen LogP contribution in [0.1, 0.15) is 64.2 Å². The molecule has 5 heteroatoms. The summed E-state index contributed by atoms with van der Waals surface area (Å²) >= 11 is 0. The van der Waals surface area contributed by atoms with Gasteiger partial charge in [-0.25, -0.2) is 0 Å². The molecule has 2 aliphatic carbocycles. The predicted octanol–water partition coefficient (Wildman–Crippen LogP) is 1.47. The SMILES string of the molecule is O=C(CC1(C(=O)NC2CCCC2)CCNC1)NC1CCCC1. The molecule has 2 amide bonds. The molecule has 0 aromatic rings. The van der Waals surface area contributed by atoms with Gasteiger partial charge in [-0.05, 0) is 38.6 Å². The molecule has 0 spiro atoms. The predicted molar refractivity (Wildman–Crippen MR) is 85.3 cm³/mol. The van der Waals surface area contributed by atoms with Crippen molar-refractivity contribution in [3.63, 3.8) is 0 Å². The molecular weight excluding hydrogens is 278 g/mol. The zero-order valence-electron chi connectivity index (χ0n) is 13.5. The highest BCUT2D eigenvalue weighted by molar-refractivity contribution is 5.89. The lowest BCUT2D eigenvalue weighted by Crippen LogP contribution is -2.49. The highest BCUT2D eigenvalue weighted by Crippen LogP contribution is 2.31. The van der Waals surface area contributed by atoms with Gasteiger partial charge in [-0.1, -0.05) is 25.7 Å². The summed E-state index contributed by atoms with van der Waals surface area (Å²) in [6, 6.07) is 0.652. The molecule has 3 fully saturated rings. The molecule has 124 valence electrons. The largest absolute Gasteiger partial charge is 0.353 e. The Labute approximate surface area is 133 Å². The number of hydrogen-bond donors (Lipinski definition) is 3. The fraction of sp³-hybridized carbons (Fsp3) is 0.882. The number of carbonyl (C=O) groups is 2. The zero-order valence-corrected chi connectivity index (χ0v) is 13.5. The average molecular weight is 307 g/mol. The fourth-order valence-corrected chi connectivity index (χ4v) is 4.23. The summed E-state index contributed by atoms with van der Waals surface area (Å²) in [5.41, 5.74) is -0.536. The summed E-state index contributed by atoms with van der Waals surface area (Å²) < 4.78 is 0. The van der Waals surface area contributed by atoms with Gasteiger partial charge in [0.1, 0.15) is 0 Å². The van der Waals surface area contributed by atoms with Crippen molar-refractivity contribution in [1.82, 2.24) is 16.0 Å². The lowest BCUT2D eigenvalue weighted by atomic mass is 9.81. The fourth-order valence-electron chi connectivity index (χ4n) is 4.23. The summed E-state index contributed by atoms with van der Waals surface area (Å²) in [7, 11) is 0. The van der Waals surface area contributed by atoms with Crippen LogP contribution in [0.15, 0.2) is 0 Å². The maximum atomic E-state index is 12.8. The zero-order chi connectivity index (χ0) is 15.4. The van der Waals surface area contributed by atoms with E-state index in [2.05, 4.69) is 16.0 Å². The summed E-state index contributed by atoms with van der Waals surface area (Å²) in [5, 5.41) is 9.61. The van der Waals surface area contributed by atoms with Crippen LogP contribution in [0.5, 0.6) is 0 Å². The van der Waals surface area contributed by atoms with Gasteiger partial charge in [-0.3, -0.25) is 9.59 Å². The van der Waals surface area contributed by atoms with E-state index >= 15 is 0 Å². The maximum absolute atomic E-state index is 12.8. The van der Waals surface area contributed by atoms with Crippen LogP contribution in [0, 0.1) is 5.41 Å². The summed E-state index contributed by atoms with van der Waals surface area (Å²) in [6.45, 7) is 1.46. The van der Waals surface area contributed by atoms with E-state index < -0.39 is 5.41 Å². The van der Waals surface area contributed by atoms with Gasteiger partial charge in [-0.2, -0.15) is 0 Å². The van der Waals surface area contributed by atoms with Crippen molar-refractivity contribution >= 4 is 11.8 Å². The van der Waals surface area contributed by atoms with Crippen molar-refractivity contribution < 1.29 is 9.59 Å². The number of carbonyl (C=O) groups excluding carboxylic acids is 2. The molecule has 1 aliphatic heterocycles. The van der Waals surface area contributed by atoms with Crippen LogP contribution in [0.3, 0.4) is 0 Å². The number of nitrogens with one attached hydrogen (secondary N) is 3. The number of hydrogen-bond acceptors (Lipinski definition) is 3. The minimum absolute atomic E-state index is 0.0529. The molecule has 22 heavy (non-hydrogen) atoms. The van der Waals surface area contributed by atoms with E-state index in [9.17, 15) is 9.59 Å². The van der Waals surface area contributed by atoms with Crippen LogP contribution in [0.2, 0.25) is 0 Å². The second kappa shape index (κ2) is 6.99. The van der Waals surface area contributed by atoms with Gasteiger partial charge < -0.3 is 16.0 Å². The minimum atomic E-state index is -0.536. The van der Waals surface area contributed by atoms with E-state index in [0.29, 0.717) is 25.0 Å². The molecule has 3 rings (SSSR count). The molecule has 3 N–H and O–H groups in total. The molecule has 1 heterocycles. The second-order valence-electron chi connectivity index (χ2n) is 7.39. The van der Waals surface area contributed by atoms with Crippen molar-refractivity contribution in [3.05, 3.63) is 0 Å². The molecule has 0 radical (unpaired) electrons. The Balaban J connectivity index is 1.57. The smallest absolute Gasteiger partial charge is 0.228 e. The van der Waals surface area contributed by atoms with Crippen molar-refractivity contribution in [3.8, 4) is 0 Å². The van der Waals surface area contributed by atoms with E-state index in [1.165, 1.54) is 25.7 Å². The van der Waals surface area contributed by atoms with Gasteiger partial charge in [0, 0.05) is 25.0 Å². The van der Waals surface area contributed by atoms with Crippen LogP contribution in [-0.4, -0.2) is 37.0 Å². The first kappa shape index (κ1) is 15.8. The first-order valence-corrected chi connectivity index (χ1v) is 8.99. The normalized spacial score (nSPS) is 29.8. The molecule has 2 saturated carbocycles. The Hall–Kier alpha value is -1.10. The quantitative estimate of drug-likeness (QED) is 0.720. The van der Waals surface area contributed by atoms with Gasteiger partial charge in [0.25, 0.3) is 0 Å². The molecule has 3 aliphatic rings. The van der Waals surface area contributed by atoms with Gasteiger partial charge in [0.05, 0.1) is 5.41 Å². The van der Waals surface area contributed by atoms with E-state index in [-0.39, 0.29) is 11.8 Å². The Bertz CT molecular complexity index is 406. The third kappa shape index (κ3) is 3.62. The Kier molecular flexibility index (Phi) is 5.01. The monoisotopic (exact) mass is 307 g/mol. The van der Waals surface area contributed by atoms with E-state index in [1.807, 2.05) is 0 Å². The van der Waals surface area contributed by atoms with Gasteiger partial charge in [0.15, 0.2) is 0 Å². The molecule has 0 bridgehead atoms. The van der Waals surface area contributed by atoms with Gasteiger partial charge in [-0.15, -0.1) is 0 Å². The molecule has 1 saturated heterocycles. The van der Waals surface area contributed by atoms with E-state index in [0.717, 1.165) is 38.6 Å². The van der Waals surface area contributed by atoms with Gasteiger partial charge in [0.2, 0.25) is 11.8 Å². The van der Waals surface area contributed by atoms with Crippen LogP contribution < -0.4 is 16.0 Å². The minimum Gasteiger partial charge on any atom is -0.353 e. The second-order valence-corrected chi connectivity index (χ2v) is 7.39. The Morgan fingerprint density at radius 3 is 2.09 bits per heavy atom. The summed E-state index contributed by atoms with van der Waals surface area (Å²) in [5.74, 6) is 0.142. The molecule has 5 nitrogen and oxygen atoms in total. The van der Waals surface area contributed by atoms with Crippen molar-refractivity contribution in [2.75, 3.05) is 13.1 Å². The molecule has 0 aromatic heterocycles. The van der Waals surface area contributed by atoms with Crippen LogP contribution in [0.25, 0.3) is 0 Å².